The van der Waals surface area contributed by atoms with Gasteiger partial charge in [0, 0.05) is 11.8 Å². The minimum atomic E-state index is -0.0707. The van der Waals surface area contributed by atoms with E-state index in [9.17, 15) is 4.79 Å². The largest absolute Gasteiger partial charge is 0.480 e. The van der Waals surface area contributed by atoms with Crippen molar-refractivity contribution in [1.82, 2.24) is 4.98 Å². The maximum atomic E-state index is 12.3. The Morgan fingerprint density at radius 1 is 1.24 bits per heavy atom. The molecular formula is C14H13NO2. The minimum absolute atomic E-state index is 0.0707. The Labute approximate surface area is 100 Å². The molecule has 0 aliphatic carbocycles. The zero-order chi connectivity index (χ0) is 12.3. The Hall–Kier alpha value is -2.16. The van der Waals surface area contributed by atoms with E-state index in [1.165, 1.54) is 7.11 Å². The van der Waals surface area contributed by atoms with Crippen molar-refractivity contribution < 1.29 is 9.53 Å². The highest BCUT2D eigenvalue weighted by molar-refractivity contribution is 6.10. The number of benzene rings is 1. The Morgan fingerprint density at radius 2 is 1.94 bits per heavy atom. The first-order valence-corrected chi connectivity index (χ1v) is 5.33. The van der Waals surface area contributed by atoms with Gasteiger partial charge in [-0.2, -0.15) is 0 Å². The zero-order valence-corrected chi connectivity index (χ0v) is 9.81. The summed E-state index contributed by atoms with van der Waals surface area (Å²) in [6, 6.07) is 10.9. The number of aryl methyl sites for hydroxylation is 1. The molecule has 0 unspecified atom stereocenters. The summed E-state index contributed by atoms with van der Waals surface area (Å²) in [6.07, 6.45) is 1.68. The molecule has 2 rings (SSSR count). The Kier molecular flexibility index (Phi) is 3.19. The lowest BCUT2D eigenvalue weighted by Crippen LogP contribution is -2.05. The number of carbonyl (C=O) groups excluding carboxylic acids is 1. The number of methoxy groups -OCH3 is 1. The molecule has 0 N–H and O–H groups in total. The van der Waals surface area contributed by atoms with Crippen molar-refractivity contribution in [3.05, 3.63) is 59.3 Å². The molecule has 3 heteroatoms. The summed E-state index contributed by atoms with van der Waals surface area (Å²) in [7, 11) is 1.51. The van der Waals surface area contributed by atoms with Crippen LogP contribution in [0.2, 0.25) is 0 Å². The number of aromatic nitrogens is 1. The molecule has 0 saturated carbocycles. The summed E-state index contributed by atoms with van der Waals surface area (Å²) in [6.45, 7) is 1.90. The predicted molar refractivity (Wildman–Crippen MR) is 65.4 cm³/mol. The van der Waals surface area contributed by atoms with Crippen molar-refractivity contribution in [2.75, 3.05) is 7.11 Å². The maximum Gasteiger partial charge on any atom is 0.224 e. The second-order valence-corrected chi connectivity index (χ2v) is 3.76. The van der Waals surface area contributed by atoms with Gasteiger partial charge < -0.3 is 4.74 Å². The number of ketones is 1. The van der Waals surface area contributed by atoms with E-state index in [1.54, 1.807) is 24.4 Å². The summed E-state index contributed by atoms with van der Waals surface area (Å²) in [5, 5.41) is 0. The lowest BCUT2D eigenvalue weighted by molar-refractivity contribution is 0.103. The highest BCUT2D eigenvalue weighted by Crippen LogP contribution is 2.19. The van der Waals surface area contributed by atoms with Gasteiger partial charge in [-0.05, 0) is 18.6 Å². The third kappa shape index (κ3) is 2.33. The predicted octanol–water partition coefficient (Wildman–Crippen LogP) is 2.63. The third-order valence-electron chi connectivity index (χ3n) is 2.46. The molecule has 3 nitrogen and oxygen atoms in total. The SMILES string of the molecule is COc1ncc(C)cc1C(=O)c1ccccc1. The lowest BCUT2D eigenvalue weighted by atomic mass is 10.0. The number of pyridine rings is 1. The van der Waals surface area contributed by atoms with Gasteiger partial charge >= 0.3 is 0 Å². The van der Waals surface area contributed by atoms with Crippen LogP contribution in [0.4, 0.5) is 0 Å². The standard InChI is InChI=1S/C14H13NO2/c1-10-8-12(14(17-2)15-9-10)13(16)11-6-4-3-5-7-11/h3-9H,1-2H3. The molecule has 0 spiro atoms. The first-order valence-electron chi connectivity index (χ1n) is 5.33. The molecule has 0 fully saturated rings. The summed E-state index contributed by atoms with van der Waals surface area (Å²) in [5.74, 6) is 0.295. The zero-order valence-electron chi connectivity index (χ0n) is 9.81. The number of ether oxygens (including phenoxy) is 1. The van der Waals surface area contributed by atoms with Gasteiger partial charge in [-0.3, -0.25) is 4.79 Å². The molecule has 1 heterocycles. The van der Waals surface area contributed by atoms with E-state index in [0.717, 1.165) is 5.56 Å². The van der Waals surface area contributed by atoms with Crippen LogP contribution >= 0.6 is 0 Å². The van der Waals surface area contributed by atoms with Crippen LogP contribution in [-0.2, 0) is 0 Å². The van der Waals surface area contributed by atoms with E-state index >= 15 is 0 Å². The lowest BCUT2D eigenvalue weighted by Gasteiger charge is -2.07. The molecule has 0 amide bonds. The van der Waals surface area contributed by atoms with Crippen LogP contribution in [-0.4, -0.2) is 17.9 Å². The summed E-state index contributed by atoms with van der Waals surface area (Å²) >= 11 is 0. The Bertz CT molecular complexity index is 535. The van der Waals surface area contributed by atoms with Crippen LogP contribution in [0.5, 0.6) is 5.88 Å². The third-order valence-corrected chi connectivity index (χ3v) is 2.46. The van der Waals surface area contributed by atoms with Crippen molar-refractivity contribution >= 4 is 5.78 Å². The fraction of sp³-hybridized carbons (Fsp3) is 0.143. The van der Waals surface area contributed by atoms with Gasteiger partial charge in [0.15, 0.2) is 5.78 Å². The summed E-state index contributed by atoms with van der Waals surface area (Å²) < 4.78 is 5.11. The average molecular weight is 227 g/mol. The van der Waals surface area contributed by atoms with Crippen molar-refractivity contribution in [2.24, 2.45) is 0 Å². The highest BCUT2D eigenvalue weighted by Gasteiger charge is 2.15. The summed E-state index contributed by atoms with van der Waals surface area (Å²) in [4.78, 5) is 16.4. The summed E-state index contributed by atoms with van der Waals surface area (Å²) in [5.41, 5.74) is 2.07. The van der Waals surface area contributed by atoms with E-state index in [-0.39, 0.29) is 5.78 Å². The van der Waals surface area contributed by atoms with E-state index in [0.29, 0.717) is 17.0 Å². The van der Waals surface area contributed by atoms with Gasteiger partial charge in [-0.15, -0.1) is 0 Å². The van der Waals surface area contributed by atoms with Gasteiger partial charge in [0.05, 0.1) is 12.7 Å². The fourth-order valence-corrected chi connectivity index (χ4v) is 1.63. The van der Waals surface area contributed by atoms with Gasteiger partial charge in [0.25, 0.3) is 0 Å². The molecular weight excluding hydrogens is 214 g/mol. The first kappa shape index (κ1) is 11.3. The van der Waals surface area contributed by atoms with Crippen LogP contribution in [0, 0.1) is 6.92 Å². The molecule has 0 bridgehead atoms. The molecule has 0 saturated heterocycles. The van der Waals surface area contributed by atoms with Gasteiger partial charge in [-0.25, -0.2) is 4.98 Å². The molecule has 17 heavy (non-hydrogen) atoms. The molecule has 86 valence electrons. The second-order valence-electron chi connectivity index (χ2n) is 3.76. The molecule has 2 aromatic rings. The molecule has 1 aromatic carbocycles. The fourth-order valence-electron chi connectivity index (χ4n) is 1.63. The van der Waals surface area contributed by atoms with Crippen LogP contribution in [0.15, 0.2) is 42.6 Å². The van der Waals surface area contributed by atoms with E-state index in [4.69, 9.17) is 4.74 Å². The second kappa shape index (κ2) is 4.78. The van der Waals surface area contributed by atoms with Crippen molar-refractivity contribution in [2.45, 2.75) is 6.92 Å². The number of nitrogens with zero attached hydrogens (tertiary/aromatic N) is 1. The van der Waals surface area contributed by atoms with Crippen molar-refractivity contribution in [3.8, 4) is 5.88 Å². The number of rotatable bonds is 3. The maximum absolute atomic E-state index is 12.3. The van der Waals surface area contributed by atoms with Crippen molar-refractivity contribution in [3.63, 3.8) is 0 Å². The van der Waals surface area contributed by atoms with Gasteiger partial charge in [0.1, 0.15) is 0 Å². The quantitative estimate of drug-likeness (QED) is 0.757. The minimum Gasteiger partial charge on any atom is -0.480 e. The van der Waals surface area contributed by atoms with Crippen LogP contribution in [0.1, 0.15) is 21.5 Å². The number of carbonyl (C=O) groups is 1. The molecule has 0 atom stereocenters. The molecule has 0 aliphatic heterocycles. The molecule has 0 aliphatic rings. The van der Waals surface area contributed by atoms with Gasteiger partial charge in [0.2, 0.25) is 5.88 Å². The molecule has 1 aromatic heterocycles. The van der Waals surface area contributed by atoms with Crippen LogP contribution in [0.3, 0.4) is 0 Å². The Morgan fingerprint density at radius 3 is 2.59 bits per heavy atom. The highest BCUT2D eigenvalue weighted by atomic mass is 16.5. The normalized spacial score (nSPS) is 10.0. The van der Waals surface area contributed by atoms with E-state index in [1.807, 2.05) is 25.1 Å². The monoisotopic (exact) mass is 227 g/mol. The topological polar surface area (TPSA) is 39.2 Å². The Balaban J connectivity index is 2.47. The van der Waals surface area contributed by atoms with E-state index < -0.39 is 0 Å². The van der Waals surface area contributed by atoms with E-state index in [2.05, 4.69) is 4.98 Å². The van der Waals surface area contributed by atoms with Crippen LogP contribution < -0.4 is 4.74 Å². The smallest absolute Gasteiger partial charge is 0.224 e. The van der Waals surface area contributed by atoms with Gasteiger partial charge in [-0.1, -0.05) is 30.3 Å². The number of hydrogen-bond donors (Lipinski definition) is 0. The molecule has 0 radical (unpaired) electrons. The number of hydrogen-bond acceptors (Lipinski definition) is 3. The van der Waals surface area contributed by atoms with Crippen molar-refractivity contribution in [1.29, 1.82) is 0 Å². The first-order chi connectivity index (χ1) is 8.22. The van der Waals surface area contributed by atoms with Crippen LogP contribution in [0.25, 0.3) is 0 Å². The average Bonchev–Trinajstić information content (AvgIpc) is 2.39.